The summed E-state index contributed by atoms with van der Waals surface area (Å²) in [6.07, 6.45) is 1.70. The van der Waals surface area contributed by atoms with Crippen LogP contribution in [0.5, 0.6) is 0 Å². The summed E-state index contributed by atoms with van der Waals surface area (Å²) < 4.78 is 5.41. The maximum absolute atomic E-state index is 12.6. The normalized spacial score (nSPS) is 10.5. The molecule has 2 heterocycles. The number of carbonyl (C=O) groups is 1. The monoisotopic (exact) mass is 307 g/mol. The van der Waals surface area contributed by atoms with E-state index >= 15 is 0 Å². The van der Waals surface area contributed by atoms with Gasteiger partial charge in [-0.1, -0.05) is 35.5 Å². The highest BCUT2D eigenvalue weighted by Gasteiger charge is 2.22. The van der Waals surface area contributed by atoms with Gasteiger partial charge in [0.2, 0.25) is 0 Å². The summed E-state index contributed by atoms with van der Waals surface area (Å²) in [5, 5.41) is 6.83. The van der Waals surface area contributed by atoms with Crippen LogP contribution < -0.4 is 5.32 Å². The van der Waals surface area contributed by atoms with Crippen molar-refractivity contribution in [3.63, 3.8) is 0 Å². The Labute approximate surface area is 134 Å². The first-order chi connectivity index (χ1) is 11.2. The van der Waals surface area contributed by atoms with Crippen LogP contribution in [-0.2, 0) is 6.54 Å². The number of nitrogens with zero attached hydrogens (tertiary/aromatic N) is 2. The van der Waals surface area contributed by atoms with E-state index < -0.39 is 0 Å². The molecule has 5 heteroatoms. The van der Waals surface area contributed by atoms with E-state index in [9.17, 15) is 4.79 Å². The molecule has 116 valence electrons. The fourth-order valence-corrected chi connectivity index (χ4v) is 2.41. The standard InChI is InChI=1S/C18H17N3O2/c1-12-7-3-4-9-15(12)17-16(13(2)21-23-17)18(22)20-11-14-8-5-6-10-19-14/h3-10H,11H2,1-2H3,(H,20,22). The first kappa shape index (κ1) is 15.0. The molecule has 0 aliphatic heterocycles. The number of hydrogen-bond donors (Lipinski definition) is 1. The minimum Gasteiger partial charge on any atom is -0.355 e. The fourth-order valence-electron chi connectivity index (χ4n) is 2.41. The quantitative estimate of drug-likeness (QED) is 0.803. The van der Waals surface area contributed by atoms with Crippen LogP contribution in [0.4, 0.5) is 0 Å². The van der Waals surface area contributed by atoms with Gasteiger partial charge in [0.25, 0.3) is 5.91 Å². The lowest BCUT2D eigenvalue weighted by Gasteiger charge is -2.07. The number of rotatable bonds is 4. The Morgan fingerprint density at radius 3 is 2.65 bits per heavy atom. The van der Waals surface area contributed by atoms with Gasteiger partial charge in [0.05, 0.1) is 17.9 Å². The van der Waals surface area contributed by atoms with Crippen molar-refractivity contribution in [3.8, 4) is 11.3 Å². The van der Waals surface area contributed by atoms with Gasteiger partial charge in [-0.05, 0) is 31.5 Å². The van der Waals surface area contributed by atoms with Crippen molar-refractivity contribution in [3.05, 3.63) is 71.2 Å². The highest BCUT2D eigenvalue weighted by molar-refractivity contribution is 6.00. The molecule has 0 spiro atoms. The Bertz CT molecular complexity index is 825. The second-order valence-electron chi connectivity index (χ2n) is 5.29. The fraction of sp³-hybridized carbons (Fsp3) is 0.167. The largest absolute Gasteiger partial charge is 0.355 e. The number of aryl methyl sites for hydroxylation is 2. The Balaban J connectivity index is 1.87. The van der Waals surface area contributed by atoms with Crippen LogP contribution in [0, 0.1) is 13.8 Å². The third kappa shape index (κ3) is 3.13. The molecule has 0 saturated carbocycles. The molecule has 0 fully saturated rings. The molecule has 1 aromatic carbocycles. The second-order valence-corrected chi connectivity index (χ2v) is 5.29. The predicted molar refractivity (Wildman–Crippen MR) is 86.8 cm³/mol. The highest BCUT2D eigenvalue weighted by atomic mass is 16.5. The van der Waals surface area contributed by atoms with Gasteiger partial charge in [0.1, 0.15) is 5.56 Å². The first-order valence-electron chi connectivity index (χ1n) is 7.37. The molecular formula is C18H17N3O2. The zero-order chi connectivity index (χ0) is 16.2. The number of pyridine rings is 1. The molecule has 0 aliphatic rings. The maximum Gasteiger partial charge on any atom is 0.257 e. The molecule has 0 radical (unpaired) electrons. The first-order valence-corrected chi connectivity index (χ1v) is 7.37. The van der Waals surface area contributed by atoms with Crippen molar-refractivity contribution in [1.29, 1.82) is 0 Å². The molecule has 0 saturated heterocycles. The number of amides is 1. The van der Waals surface area contributed by atoms with Crippen molar-refractivity contribution in [2.45, 2.75) is 20.4 Å². The maximum atomic E-state index is 12.6. The number of aromatic nitrogens is 2. The molecule has 0 aliphatic carbocycles. The average Bonchev–Trinajstić information content (AvgIpc) is 2.95. The lowest BCUT2D eigenvalue weighted by Crippen LogP contribution is -2.24. The third-order valence-electron chi connectivity index (χ3n) is 3.64. The van der Waals surface area contributed by atoms with Crippen molar-refractivity contribution in [2.24, 2.45) is 0 Å². The number of nitrogens with one attached hydrogen (secondary N) is 1. The van der Waals surface area contributed by atoms with Crippen LogP contribution in [0.1, 0.15) is 27.3 Å². The van der Waals surface area contributed by atoms with E-state index in [4.69, 9.17) is 4.52 Å². The Morgan fingerprint density at radius 1 is 1.13 bits per heavy atom. The molecular weight excluding hydrogens is 290 g/mol. The number of hydrogen-bond acceptors (Lipinski definition) is 4. The molecule has 3 aromatic rings. The van der Waals surface area contributed by atoms with Gasteiger partial charge in [-0.25, -0.2) is 0 Å². The zero-order valence-corrected chi connectivity index (χ0v) is 13.0. The third-order valence-corrected chi connectivity index (χ3v) is 3.64. The van der Waals surface area contributed by atoms with Crippen molar-refractivity contribution < 1.29 is 9.32 Å². The summed E-state index contributed by atoms with van der Waals surface area (Å²) in [5.41, 5.74) is 3.74. The summed E-state index contributed by atoms with van der Waals surface area (Å²) in [4.78, 5) is 16.8. The summed E-state index contributed by atoms with van der Waals surface area (Å²) in [7, 11) is 0. The van der Waals surface area contributed by atoms with Gasteiger partial charge in [0, 0.05) is 11.8 Å². The number of carbonyl (C=O) groups excluding carboxylic acids is 1. The minimum absolute atomic E-state index is 0.215. The summed E-state index contributed by atoms with van der Waals surface area (Å²) >= 11 is 0. The lowest BCUT2D eigenvalue weighted by atomic mass is 10.0. The Kier molecular flexibility index (Phi) is 4.19. The van der Waals surface area contributed by atoms with Gasteiger partial charge < -0.3 is 9.84 Å². The molecule has 0 unspecified atom stereocenters. The topological polar surface area (TPSA) is 68.0 Å². The van der Waals surface area contributed by atoms with E-state index in [2.05, 4.69) is 15.5 Å². The van der Waals surface area contributed by atoms with Crippen LogP contribution in [0.25, 0.3) is 11.3 Å². The van der Waals surface area contributed by atoms with E-state index in [0.29, 0.717) is 23.6 Å². The molecule has 2 aromatic heterocycles. The van der Waals surface area contributed by atoms with E-state index in [1.807, 2.05) is 49.4 Å². The van der Waals surface area contributed by atoms with Crippen LogP contribution in [0.15, 0.2) is 53.2 Å². The molecule has 1 N–H and O–H groups in total. The van der Waals surface area contributed by atoms with E-state index in [-0.39, 0.29) is 5.91 Å². The van der Waals surface area contributed by atoms with E-state index in [0.717, 1.165) is 16.8 Å². The van der Waals surface area contributed by atoms with Gasteiger partial charge in [0.15, 0.2) is 5.76 Å². The van der Waals surface area contributed by atoms with Crippen molar-refractivity contribution in [1.82, 2.24) is 15.5 Å². The minimum atomic E-state index is -0.215. The van der Waals surface area contributed by atoms with Gasteiger partial charge >= 0.3 is 0 Å². The highest BCUT2D eigenvalue weighted by Crippen LogP contribution is 2.28. The van der Waals surface area contributed by atoms with Crippen LogP contribution >= 0.6 is 0 Å². The molecule has 0 atom stereocenters. The van der Waals surface area contributed by atoms with E-state index in [1.54, 1.807) is 13.1 Å². The smallest absolute Gasteiger partial charge is 0.257 e. The van der Waals surface area contributed by atoms with Crippen LogP contribution in [0.2, 0.25) is 0 Å². The molecule has 5 nitrogen and oxygen atoms in total. The summed E-state index contributed by atoms with van der Waals surface area (Å²) in [6.45, 7) is 4.10. The zero-order valence-electron chi connectivity index (χ0n) is 13.0. The predicted octanol–water partition coefficient (Wildman–Crippen LogP) is 3.28. The van der Waals surface area contributed by atoms with Gasteiger partial charge in [-0.3, -0.25) is 9.78 Å². The van der Waals surface area contributed by atoms with Gasteiger partial charge in [-0.15, -0.1) is 0 Å². The van der Waals surface area contributed by atoms with Crippen molar-refractivity contribution in [2.75, 3.05) is 0 Å². The molecule has 0 bridgehead atoms. The van der Waals surface area contributed by atoms with E-state index in [1.165, 1.54) is 0 Å². The molecule has 1 amide bonds. The van der Waals surface area contributed by atoms with Crippen LogP contribution in [0.3, 0.4) is 0 Å². The molecule has 23 heavy (non-hydrogen) atoms. The summed E-state index contributed by atoms with van der Waals surface area (Å²) in [5.74, 6) is 0.284. The molecule has 3 rings (SSSR count). The van der Waals surface area contributed by atoms with Gasteiger partial charge in [-0.2, -0.15) is 0 Å². The Morgan fingerprint density at radius 2 is 1.91 bits per heavy atom. The van der Waals surface area contributed by atoms with Crippen molar-refractivity contribution >= 4 is 5.91 Å². The average molecular weight is 307 g/mol. The summed E-state index contributed by atoms with van der Waals surface area (Å²) in [6, 6.07) is 13.3. The Hall–Kier alpha value is -2.95. The lowest BCUT2D eigenvalue weighted by molar-refractivity contribution is 0.0950. The second kappa shape index (κ2) is 6.44. The van der Waals surface area contributed by atoms with Crippen LogP contribution in [-0.4, -0.2) is 16.0 Å². The SMILES string of the molecule is Cc1ccccc1-c1onc(C)c1C(=O)NCc1ccccn1. The number of benzene rings is 1.